The van der Waals surface area contributed by atoms with Gasteiger partial charge in [0, 0.05) is 38.5 Å². The van der Waals surface area contributed by atoms with Crippen LogP contribution < -0.4 is 0 Å². The SMILES string of the molecule is CC(=O)O[C@H]1CC[C@@]2(C)C(=C[C@H](OC(C)=O)[C@H]3[C@@H]4CC[C@H](OC(C)=O)[C@@]4(C)CC[C@@H]32)C1. The molecule has 0 unspecified atom stereocenters. The molecule has 0 aliphatic heterocycles. The van der Waals surface area contributed by atoms with Crippen molar-refractivity contribution in [2.24, 2.45) is 28.6 Å². The lowest BCUT2D eigenvalue weighted by Gasteiger charge is -2.59. The molecule has 8 atom stereocenters. The minimum atomic E-state index is -0.276. The first-order chi connectivity index (χ1) is 14.5. The third kappa shape index (κ3) is 3.80. The van der Waals surface area contributed by atoms with Gasteiger partial charge < -0.3 is 14.2 Å². The number of rotatable bonds is 3. The van der Waals surface area contributed by atoms with Gasteiger partial charge in [0.25, 0.3) is 0 Å². The van der Waals surface area contributed by atoms with E-state index in [0.29, 0.717) is 11.8 Å². The summed E-state index contributed by atoms with van der Waals surface area (Å²) >= 11 is 0. The largest absolute Gasteiger partial charge is 0.462 e. The first-order valence-corrected chi connectivity index (χ1v) is 11.8. The van der Waals surface area contributed by atoms with Gasteiger partial charge in [-0.3, -0.25) is 14.4 Å². The van der Waals surface area contributed by atoms with Crippen LogP contribution in [0.5, 0.6) is 0 Å². The molecule has 0 aromatic heterocycles. The third-order valence-electron chi connectivity index (χ3n) is 8.92. The Kier molecular flexibility index (Phi) is 5.72. The molecule has 0 aromatic rings. The fourth-order valence-corrected chi connectivity index (χ4v) is 7.57. The summed E-state index contributed by atoms with van der Waals surface area (Å²) in [4.78, 5) is 35.3. The molecule has 4 aliphatic rings. The molecular formula is C25H36O6. The Morgan fingerprint density at radius 1 is 0.839 bits per heavy atom. The second kappa shape index (κ2) is 7.93. The van der Waals surface area contributed by atoms with Gasteiger partial charge >= 0.3 is 17.9 Å². The van der Waals surface area contributed by atoms with Crippen LogP contribution in [0.1, 0.15) is 79.6 Å². The maximum absolute atomic E-state index is 12.0. The molecule has 31 heavy (non-hydrogen) atoms. The number of carbonyl (C=O) groups is 3. The summed E-state index contributed by atoms with van der Waals surface area (Å²) in [5, 5.41) is 0. The molecule has 0 radical (unpaired) electrons. The van der Waals surface area contributed by atoms with Gasteiger partial charge in [-0.2, -0.15) is 0 Å². The van der Waals surface area contributed by atoms with Gasteiger partial charge in [0.2, 0.25) is 0 Å². The number of fused-ring (bicyclic) bond motifs is 5. The van der Waals surface area contributed by atoms with E-state index < -0.39 is 0 Å². The summed E-state index contributed by atoms with van der Waals surface area (Å²) in [5.74, 6) is 0.257. The van der Waals surface area contributed by atoms with E-state index in [9.17, 15) is 14.4 Å². The summed E-state index contributed by atoms with van der Waals surface area (Å²) in [6, 6.07) is 0. The monoisotopic (exact) mass is 432 g/mol. The molecule has 0 N–H and O–H groups in total. The van der Waals surface area contributed by atoms with Crippen molar-refractivity contribution in [2.45, 2.75) is 97.9 Å². The first-order valence-electron chi connectivity index (χ1n) is 11.8. The van der Waals surface area contributed by atoms with Crippen LogP contribution in [0.4, 0.5) is 0 Å². The fourth-order valence-electron chi connectivity index (χ4n) is 7.57. The highest BCUT2D eigenvalue weighted by molar-refractivity contribution is 5.67. The molecule has 4 aliphatic carbocycles. The lowest BCUT2D eigenvalue weighted by Crippen LogP contribution is -2.56. The second-order valence-corrected chi connectivity index (χ2v) is 10.7. The van der Waals surface area contributed by atoms with E-state index in [1.54, 1.807) is 0 Å². The quantitative estimate of drug-likeness (QED) is 0.375. The molecule has 4 rings (SSSR count). The Balaban J connectivity index is 1.68. The van der Waals surface area contributed by atoms with Crippen molar-refractivity contribution < 1.29 is 28.6 Å². The Bertz CT molecular complexity index is 802. The Morgan fingerprint density at radius 2 is 1.52 bits per heavy atom. The zero-order chi connectivity index (χ0) is 22.6. The zero-order valence-corrected chi connectivity index (χ0v) is 19.4. The zero-order valence-electron chi connectivity index (χ0n) is 19.4. The summed E-state index contributed by atoms with van der Waals surface area (Å²) in [7, 11) is 0. The predicted molar refractivity (Wildman–Crippen MR) is 114 cm³/mol. The van der Waals surface area contributed by atoms with E-state index >= 15 is 0 Å². The third-order valence-corrected chi connectivity index (χ3v) is 8.92. The van der Waals surface area contributed by atoms with E-state index in [-0.39, 0.29) is 53.0 Å². The molecule has 6 nitrogen and oxygen atoms in total. The molecule has 3 fully saturated rings. The topological polar surface area (TPSA) is 78.9 Å². The number of esters is 3. The number of hydrogen-bond donors (Lipinski definition) is 0. The van der Waals surface area contributed by atoms with Crippen LogP contribution in [0.3, 0.4) is 0 Å². The van der Waals surface area contributed by atoms with Crippen LogP contribution in [0.2, 0.25) is 0 Å². The van der Waals surface area contributed by atoms with Gasteiger partial charge in [-0.15, -0.1) is 0 Å². The van der Waals surface area contributed by atoms with Gasteiger partial charge in [0.05, 0.1) is 0 Å². The molecule has 0 bridgehead atoms. The minimum Gasteiger partial charge on any atom is -0.462 e. The van der Waals surface area contributed by atoms with Crippen molar-refractivity contribution in [1.82, 2.24) is 0 Å². The molecule has 0 heterocycles. The number of carbonyl (C=O) groups excluding carboxylic acids is 3. The molecule has 0 amide bonds. The molecule has 0 spiro atoms. The lowest BCUT2D eigenvalue weighted by atomic mass is 9.47. The van der Waals surface area contributed by atoms with Gasteiger partial charge in [0.1, 0.15) is 18.3 Å². The molecule has 172 valence electrons. The summed E-state index contributed by atoms with van der Waals surface area (Å²) in [6.45, 7) is 9.04. The Labute approximate surface area is 185 Å². The van der Waals surface area contributed by atoms with Crippen molar-refractivity contribution in [3.8, 4) is 0 Å². The number of ether oxygens (including phenoxy) is 3. The maximum atomic E-state index is 12.0. The van der Waals surface area contributed by atoms with Crippen molar-refractivity contribution in [3.63, 3.8) is 0 Å². The molecule has 0 aromatic carbocycles. The lowest BCUT2D eigenvalue weighted by molar-refractivity contribution is -0.167. The van der Waals surface area contributed by atoms with E-state index in [2.05, 4.69) is 19.9 Å². The smallest absolute Gasteiger partial charge is 0.303 e. The highest BCUT2D eigenvalue weighted by atomic mass is 16.6. The van der Waals surface area contributed by atoms with Gasteiger partial charge in [-0.25, -0.2) is 0 Å². The standard InChI is InChI=1S/C25H36O6/c1-14(26)29-18-8-10-24(4)17(12-18)13-21(30-15(2)27)23-19-6-7-22(31-16(3)28)25(19,5)11-9-20(23)24/h13,18-23H,6-12H2,1-5H3/t18-,19-,20-,21-,22-,23-,24-,25-/m0/s1. The Morgan fingerprint density at radius 3 is 2.16 bits per heavy atom. The minimum absolute atomic E-state index is 0.0266. The van der Waals surface area contributed by atoms with Crippen LogP contribution in [0.25, 0.3) is 0 Å². The van der Waals surface area contributed by atoms with Crippen LogP contribution in [0.15, 0.2) is 11.6 Å². The molecule has 6 heteroatoms. The van der Waals surface area contributed by atoms with E-state index in [1.165, 1.54) is 26.3 Å². The van der Waals surface area contributed by atoms with Gasteiger partial charge in [-0.05, 0) is 61.9 Å². The maximum Gasteiger partial charge on any atom is 0.303 e. The average Bonchev–Trinajstić information content (AvgIpc) is 2.98. The highest BCUT2D eigenvalue weighted by Gasteiger charge is 2.62. The van der Waals surface area contributed by atoms with Gasteiger partial charge in [0.15, 0.2) is 0 Å². The van der Waals surface area contributed by atoms with Crippen LogP contribution in [-0.2, 0) is 28.6 Å². The normalized spacial score (nSPS) is 43.6. The van der Waals surface area contributed by atoms with Crippen molar-refractivity contribution in [2.75, 3.05) is 0 Å². The van der Waals surface area contributed by atoms with E-state index in [1.807, 2.05) is 0 Å². The molecular weight excluding hydrogens is 396 g/mol. The van der Waals surface area contributed by atoms with E-state index in [4.69, 9.17) is 14.2 Å². The molecule has 3 saturated carbocycles. The highest BCUT2D eigenvalue weighted by Crippen LogP contribution is 2.65. The van der Waals surface area contributed by atoms with Crippen molar-refractivity contribution in [3.05, 3.63) is 11.6 Å². The van der Waals surface area contributed by atoms with Crippen molar-refractivity contribution in [1.29, 1.82) is 0 Å². The van der Waals surface area contributed by atoms with Crippen LogP contribution in [0, 0.1) is 28.6 Å². The average molecular weight is 433 g/mol. The van der Waals surface area contributed by atoms with Gasteiger partial charge in [-0.1, -0.05) is 19.4 Å². The summed E-state index contributed by atoms with van der Waals surface area (Å²) < 4.78 is 17.2. The Hall–Kier alpha value is -1.85. The van der Waals surface area contributed by atoms with Crippen molar-refractivity contribution >= 4 is 17.9 Å². The first kappa shape index (κ1) is 22.3. The second-order valence-electron chi connectivity index (χ2n) is 10.7. The van der Waals surface area contributed by atoms with E-state index in [0.717, 1.165) is 44.9 Å². The fraction of sp³-hybridized carbons (Fsp3) is 0.800. The summed E-state index contributed by atoms with van der Waals surface area (Å²) in [5.41, 5.74) is 1.22. The van der Waals surface area contributed by atoms with Crippen LogP contribution >= 0.6 is 0 Å². The van der Waals surface area contributed by atoms with Crippen LogP contribution in [-0.4, -0.2) is 36.2 Å². The molecule has 0 saturated heterocycles. The predicted octanol–water partition coefficient (Wildman–Crippen LogP) is 4.35. The summed E-state index contributed by atoms with van der Waals surface area (Å²) in [6.07, 6.45) is 8.20. The number of hydrogen-bond acceptors (Lipinski definition) is 6.